The zero-order chi connectivity index (χ0) is 33.6. The van der Waals surface area contributed by atoms with E-state index in [1.54, 1.807) is 0 Å². The standard InChI is InChI=1S/C29H37N7O2.C8H15N/c1-19(30-4)24-6-5-7-26(33-24)36-25-16-29(2,3)38-18-23(25)22-17-31-28(34-27(22)36)32-20-8-10-21(11-9-20)35-12-14-37-15-13-35;1-5-6-7(2)8(3)9-4/h5-11,17,19,23,25,30H,12-16,18H2,1-4H3,(H,31,32,34);5-6,8-9H,1H2,2-4H3/b;7-6+/t19-,23?,25+;8-/m00/s1. The Hall–Kier alpha value is -3.83. The molecule has 0 bridgehead atoms. The Morgan fingerprint density at radius 2 is 1.79 bits per heavy atom. The molecule has 3 N–H and O–H groups in total. The fourth-order valence-corrected chi connectivity index (χ4v) is 6.26. The van der Waals surface area contributed by atoms with Gasteiger partial charge in [-0.3, -0.25) is 0 Å². The van der Waals surface area contributed by atoms with E-state index in [2.05, 4.69) is 109 Å². The second-order valence-corrected chi connectivity index (χ2v) is 13.2. The summed E-state index contributed by atoms with van der Waals surface area (Å²) in [6, 6.07) is 15.5. The van der Waals surface area contributed by atoms with Gasteiger partial charge in [0.1, 0.15) is 11.6 Å². The molecule has 3 aliphatic rings. The number of ether oxygens (including phenoxy) is 2. The van der Waals surface area contributed by atoms with Crippen molar-refractivity contribution in [3.8, 4) is 0 Å². The van der Waals surface area contributed by atoms with Crippen LogP contribution in [-0.4, -0.2) is 79.6 Å². The molecule has 2 fully saturated rings. The van der Waals surface area contributed by atoms with Crippen molar-refractivity contribution in [1.29, 1.82) is 0 Å². The maximum Gasteiger partial charge on any atom is 0.229 e. The van der Waals surface area contributed by atoms with Crippen LogP contribution in [0.2, 0.25) is 0 Å². The third-order valence-corrected chi connectivity index (χ3v) is 9.45. The van der Waals surface area contributed by atoms with E-state index in [9.17, 15) is 0 Å². The van der Waals surface area contributed by atoms with Gasteiger partial charge in [-0.15, -0.1) is 0 Å². The molecule has 1 unspecified atom stereocenters. The van der Waals surface area contributed by atoms with Gasteiger partial charge in [-0.25, -0.2) is 9.97 Å². The lowest BCUT2D eigenvalue weighted by atomic mass is 9.85. The third-order valence-electron chi connectivity index (χ3n) is 9.45. The van der Waals surface area contributed by atoms with Crippen molar-refractivity contribution in [2.45, 2.75) is 70.7 Å². The molecular weight excluding hydrogens is 588 g/mol. The minimum Gasteiger partial charge on any atom is -0.378 e. The highest BCUT2D eigenvalue weighted by Gasteiger charge is 2.47. The molecule has 3 aliphatic heterocycles. The Kier molecular flexibility index (Phi) is 11.3. The first-order chi connectivity index (χ1) is 22.6. The molecule has 0 spiro atoms. The number of pyridine rings is 1. The normalized spacial score (nSPS) is 21.6. The molecule has 0 radical (unpaired) electrons. The zero-order valence-electron chi connectivity index (χ0n) is 29.1. The quantitative estimate of drug-likeness (QED) is 0.233. The predicted molar refractivity (Wildman–Crippen MR) is 192 cm³/mol. The first kappa shape index (κ1) is 34.5. The van der Waals surface area contributed by atoms with Gasteiger partial charge in [0.2, 0.25) is 5.95 Å². The van der Waals surface area contributed by atoms with E-state index in [4.69, 9.17) is 24.4 Å². The van der Waals surface area contributed by atoms with Gasteiger partial charge in [0.25, 0.3) is 0 Å². The molecule has 47 heavy (non-hydrogen) atoms. The van der Waals surface area contributed by atoms with Gasteiger partial charge in [-0.05, 0) is 91.5 Å². The SMILES string of the molecule is C=C/C=C(\C)[C@H](C)NC.CN[C@@H](C)c1cccc(N2c3nc(Nc4ccc(N5CCOCC5)cc4)ncc3C3COC(C)(C)C[C@H]32)n1. The highest BCUT2D eigenvalue weighted by molar-refractivity contribution is 5.69. The van der Waals surface area contributed by atoms with Crippen LogP contribution in [0.5, 0.6) is 0 Å². The van der Waals surface area contributed by atoms with E-state index in [0.717, 1.165) is 61.3 Å². The fraction of sp³-hybridized carbons (Fsp3) is 0.486. The molecule has 0 aliphatic carbocycles. The van der Waals surface area contributed by atoms with Gasteiger partial charge in [0, 0.05) is 60.3 Å². The van der Waals surface area contributed by atoms with Gasteiger partial charge >= 0.3 is 0 Å². The van der Waals surface area contributed by atoms with E-state index in [-0.39, 0.29) is 23.6 Å². The minimum atomic E-state index is -0.214. The molecule has 0 saturated carbocycles. The number of aromatic nitrogens is 3. The van der Waals surface area contributed by atoms with Crippen LogP contribution in [0.3, 0.4) is 0 Å². The van der Waals surface area contributed by atoms with Crippen LogP contribution in [-0.2, 0) is 9.47 Å². The monoisotopic (exact) mass is 640 g/mol. The number of benzene rings is 1. The van der Waals surface area contributed by atoms with Crippen molar-refractivity contribution >= 4 is 29.0 Å². The van der Waals surface area contributed by atoms with Crippen LogP contribution in [0.25, 0.3) is 0 Å². The van der Waals surface area contributed by atoms with Crippen LogP contribution in [0.4, 0.5) is 29.0 Å². The molecule has 1 aromatic carbocycles. The maximum atomic E-state index is 6.25. The number of morpholine rings is 1. The molecule has 0 amide bonds. The second-order valence-electron chi connectivity index (χ2n) is 13.2. The summed E-state index contributed by atoms with van der Waals surface area (Å²) in [5.41, 5.74) is 5.38. The van der Waals surface area contributed by atoms with E-state index in [0.29, 0.717) is 18.6 Å². The zero-order valence-corrected chi connectivity index (χ0v) is 29.1. The summed E-state index contributed by atoms with van der Waals surface area (Å²) in [5, 5.41) is 9.85. The number of rotatable bonds is 9. The van der Waals surface area contributed by atoms with E-state index in [1.165, 1.54) is 11.3 Å². The largest absolute Gasteiger partial charge is 0.378 e. The summed E-state index contributed by atoms with van der Waals surface area (Å²) in [6.07, 6.45) is 6.67. The lowest BCUT2D eigenvalue weighted by Crippen LogP contribution is -2.45. The van der Waals surface area contributed by atoms with Gasteiger partial charge in [0.05, 0.1) is 31.1 Å². The van der Waals surface area contributed by atoms with Crippen molar-refractivity contribution in [2.24, 2.45) is 0 Å². The number of nitrogens with one attached hydrogen (secondary N) is 3. The van der Waals surface area contributed by atoms with Gasteiger partial charge in [-0.1, -0.05) is 30.4 Å². The van der Waals surface area contributed by atoms with Crippen molar-refractivity contribution < 1.29 is 9.47 Å². The lowest BCUT2D eigenvalue weighted by molar-refractivity contribution is -0.0658. The number of anilines is 5. The van der Waals surface area contributed by atoms with E-state index < -0.39 is 0 Å². The average Bonchev–Trinajstić information content (AvgIpc) is 3.40. The highest BCUT2D eigenvalue weighted by Crippen LogP contribution is 2.49. The van der Waals surface area contributed by atoms with Gasteiger partial charge < -0.3 is 35.2 Å². The number of fused-ring (bicyclic) bond motifs is 3. The molecule has 252 valence electrons. The summed E-state index contributed by atoms with van der Waals surface area (Å²) >= 11 is 0. The molecule has 6 rings (SSSR count). The summed E-state index contributed by atoms with van der Waals surface area (Å²) in [7, 11) is 3.91. The number of allylic oxidation sites excluding steroid dienone is 2. The summed E-state index contributed by atoms with van der Waals surface area (Å²) in [6.45, 7) is 18.3. The lowest BCUT2D eigenvalue weighted by Gasteiger charge is -2.41. The molecule has 2 saturated heterocycles. The number of hydrogen-bond donors (Lipinski definition) is 3. The molecule has 5 heterocycles. The third kappa shape index (κ3) is 8.19. The van der Waals surface area contributed by atoms with Gasteiger partial charge in [0.15, 0.2) is 0 Å². The van der Waals surface area contributed by atoms with Crippen LogP contribution >= 0.6 is 0 Å². The topological polar surface area (TPSA) is 99.7 Å². The molecule has 10 heteroatoms. The number of likely N-dealkylation sites (N-methyl/N-ethyl adjacent to an activating group) is 1. The van der Waals surface area contributed by atoms with Crippen LogP contribution < -0.4 is 25.8 Å². The Labute approximate surface area is 280 Å². The van der Waals surface area contributed by atoms with Crippen LogP contribution in [0, 0.1) is 0 Å². The summed E-state index contributed by atoms with van der Waals surface area (Å²) < 4.78 is 11.7. The highest BCUT2D eigenvalue weighted by atomic mass is 16.5. The first-order valence-electron chi connectivity index (χ1n) is 16.7. The summed E-state index contributed by atoms with van der Waals surface area (Å²) in [5.74, 6) is 2.60. The maximum absolute atomic E-state index is 6.25. The second kappa shape index (κ2) is 15.4. The van der Waals surface area contributed by atoms with Crippen LogP contribution in [0.1, 0.15) is 64.3 Å². The van der Waals surface area contributed by atoms with Crippen LogP contribution in [0.15, 0.2) is 73.0 Å². The fourth-order valence-electron chi connectivity index (χ4n) is 6.26. The minimum absolute atomic E-state index is 0.155. The Morgan fingerprint density at radius 3 is 2.47 bits per heavy atom. The molecule has 4 atom stereocenters. The van der Waals surface area contributed by atoms with Gasteiger partial charge in [-0.2, -0.15) is 4.98 Å². The molecular formula is C37H52N8O2. The molecule has 2 aromatic heterocycles. The van der Waals surface area contributed by atoms with E-state index in [1.807, 2.05) is 32.4 Å². The smallest absolute Gasteiger partial charge is 0.229 e. The van der Waals surface area contributed by atoms with Crippen molar-refractivity contribution in [3.63, 3.8) is 0 Å². The van der Waals surface area contributed by atoms with E-state index >= 15 is 0 Å². The summed E-state index contributed by atoms with van der Waals surface area (Å²) in [4.78, 5) is 19.5. The first-order valence-corrected chi connectivity index (χ1v) is 16.7. The predicted octanol–water partition coefficient (Wildman–Crippen LogP) is 6.26. The molecule has 10 nitrogen and oxygen atoms in total. The Balaban J connectivity index is 0.000000424. The van der Waals surface area contributed by atoms with Crippen molar-refractivity contribution in [1.82, 2.24) is 25.6 Å². The van der Waals surface area contributed by atoms with Crippen molar-refractivity contribution in [2.75, 3.05) is 62.1 Å². The average molecular weight is 641 g/mol. The number of hydrogen-bond acceptors (Lipinski definition) is 10. The Bertz CT molecular complexity index is 1520. The Morgan fingerprint density at radius 1 is 1.04 bits per heavy atom. The molecule has 3 aromatic rings. The number of nitrogens with zero attached hydrogens (tertiary/aromatic N) is 5. The van der Waals surface area contributed by atoms with Crippen molar-refractivity contribution in [3.05, 3.63) is 84.2 Å².